The number of rotatable bonds is 7. The highest BCUT2D eigenvalue weighted by Crippen LogP contribution is 2.32. The Kier molecular flexibility index (Phi) is 5.85. The lowest BCUT2D eigenvalue weighted by Gasteiger charge is -2.11. The molecule has 0 spiro atoms. The maximum Gasteiger partial charge on any atom is 0.387 e. The van der Waals surface area contributed by atoms with Gasteiger partial charge in [0.2, 0.25) is 0 Å². The summed E-state index contributed by atoms with van der Waals surface area (Å²) >= 11 is 1.33. The van der Waals surface area contributed by atoms with Gasteiger partial charge >= 0.3 is 6.61 Å². The molecule has 0 aliphatic rings. The zero-order valence-corrected chi connectivity index (χ0v) is 17.5. The fraction of sp³-hybridized carbons (Fsp3) is 0.182. The SMILES string of the molecule is CCOc1nc2c(cc(-c3ccc(OC)cc3)c(=O)n2-c2ccc(OC(F)F)cc2)s1. The summed E-state index contributed by atoms with van der Waals surface area (Å²) in [6.07, 6.45) is 0. The quantitative estimate of drug-likeness (QED) is 0.396. The summed E-state index contributed by atoms with van der Waals surface area (Å²) in [7, 11) is 1.57. The first kappa shape index (κ1) is 20.8. The van der Waals surface area contributed by atoms with Crippen molar-refractivity contribution in [1.82, 2.24) is 9.55 Å². The van der Waals surface area contributed by atoms with Crippen LogP contribution in [0.3, 0.4) is 0 Å². The second kappa shape index (κ2) is 8.73. The number of aromatic nitrogens is 2. The number of halogens is 2. The zero-order valence-electron chi connectivity index (χ0n) is 16.7. The van der Waals surface area contributed by atoms with Gasteiger partial charge in [0.25, 0.3) is 10.8 Å². The third-order valence-electron chi connectivity index (χ3n) is 4.52. The molecule has 6 nitrogen and oxygen atoms in total. The molecule has 0 aliphatic heterocycles. The maximum atomic E-state index is 13.5. The minimum Gasteiger partial charge on any atom is -0.497 e. The summed E-state index contributed by atoms with van der Waals surface area (Å²) in [5, 5.41) is 0.440. The molecule has 0 fully saturated rings. The van der Waals surface area contributed by atoms with Crippen molar-refractivity contribution in [3.05, 3.63) is 65.0 Å². The Balaban J connectivity index is 1.90. The minimum atomic E-state index is -2.93. The summed E-state index contributed by atoms with van der Waals surface area (Å²) < 4.78 is 42.3. The van der Waals surface area contributed by atoms with Gasteiger partial charge in [-0.2, -0.15) is 13.8 Å². The lowest BCUT2D eigenvalue weighted by Crippen LogP contribution is -2.20. The Hall–Kier alpha value is -3.46. The van der Waals surface area contributed by atoms with E-state index in [1.807, 2.05) is 6.92 Å². The second-order valence-corrected chi connectivity index (χ2v) is 7.39. The van der Waals surface area contributed by atoms with E-state index in [1.165, 1.54) is 40.2 Å². The van der Waals surface area contributed by atoms with Crippen LogP contribution in [0.25, 0.3) is 27.2 Å². The van der Waals surface area contributed by atoms with Crippen molar-refractivity contribution in [3.63, 3.8) is 0 Å². The van der Waals surface area contributed by atoms with Crippen LogP contribution in [0.4, 0.5) is 8.78 Å². The van der Waals surface area contributed by atoms with E-state index < -0.39 is 6.61 Å². The van der Waals surface area contributed by atoms with Gasteiger partial charge in [-0.15, -0.1) is 0 Å². The molecule has 0 saturated heterocycles. The number of hydrogen-bond donors (Lipinski definition) is 0. The van der Waals surface area contributed by atoms with Gasteiger partial charge in [0, 0.05) is 5.56 Å². The van der Waals surface area contributed by atoms with Crippen molar-refractivity contribution >= 4 is 21.7 Å². The number of fused-ring (bicyclic) bond motifs is 1. The molecule has 31 heavy (non-hydrogen) atoms. The van der Waals surface area contributed by atoms with E-state index in [0.29, 0.717) is 40.0 Å². The van der Waals surface area contributed by atoms with Crippen molar-refractivity contribution in [2.24, 2.45) is 0 Å². The smallest absolute Gasteiger partial charge is 0.387 e. The number of nitrogens with zero attached hydrogens (tertiary/aromatic N) is 2. The van der Waals surface area contributed by atoms with Gasteiger partial charge < -0.3 is 14.2 Å². The lowest BCUT2D eigenvalue weighted by atomic mass is 10.1. The van der Waals surface area contributed by atoms with Gasteiger partial charge in [-0.3, -0.25) is 9.36 Å². The van der Waals surface area contributed by atoms with Crippen LogP contribution in [0.1, 0.15) is 6.92 Å². The number of thiazole rings is 1. The van der Waals surface area contributed by atoms with Crippen LogP contribution in [0.2, 0.25) is 0 Å². The predicted octanol–water partition coefficient (Wildman–Crippen LogP) is 5.12. The highest BCUT2D eigenvalue weighted by molar-refractivity contribution is 7.20. The molecule has 2 heterocycles. The van der Waals surface area contributed by atoms with Gasteiger partial charge in [0.15, 0.2) is 5.65 Å². The first-order valence-electron chi connectivity index (χ1n) is 9.39. The topological polar surface area (TPSA) is 62.6 Å². The van der Waals surface area contributed by atoms with Gasteiger partial charge in [0.05, 0.1) is 24.1 Å². The van der Waals surface area contributed by atoms with E-state index in [4.69, 9.17) is 9.47 Å². The number of methoxy groups -OCH3 is 1. The molecular formula is C22H18F2N2O4S. The van der Waals surface area contributed by atoms with Gasteiger partial charge in [-0.05, 0) is 55.0 Å². The summed E-state index contributed by atoms with van der Waals surface area (Å²) in [4.78, 5) is 17.9. The molecule has 2 aromatic heterocycles. The summed E-state index contributed by atoms with van der Waals surface area (Å²) in [6.45, 7) is -0.635. The molecule has 0 radical (unpaired) electrons. The zero-order chi connectivity index (χ0) is 22.0. The highest BCUT2D eigenvalue weighted by Gasteiger charge is 2.17. The van der Waals surface area contributed by atoms with Crippen LogP contribution in [0.5, 0.6) is 16.7 Å². The number of pyridine rings is 1. The van der Waals surface area contributed by atoms with Crippen molar-refractivity contribution in [2.75, 3.05) is 13.7 Å². The molecule has 0 aliphatic carbocycles. The summed E-state index contributed by atoms with van der Waals surface area (Å²) in [6, 6.07) is 14.8. The Morgan fingerprint density at radius 1 is 1.06 bits per heavy atom. The van der Waals surface area contributed by atoms with E-state index in [-0.39, 0.29) is 11.3 Å². The van der Waals surface area contributed by atoms with E-state index in [1.54, 1.807) is 37.4 Å². The lowest BCUT2D eigenvalue weighted by molar-refractivity contribution is -0.0498. The van der Waals surface area contributed by atoms with Gasteiger partial charge in [-0.1, -0.05) is 23.5 Å². The predicted molar refractivity (Wildman–Crippen MR) is 115 cm³/mol. The molecule has 4 aromatic rings. The Bertz CT molecular complexity index is 1250. The molecule has 0 bridgehead atoms. The van der Waals surface area contributed by atoms with Gasteiger partial charge in [0.1, 0.15) is 11.5 Å². The molecule has 0 unspecified atom stereocenters. The largest absolute Gasteiger partial charge is 0.497 e. The van der Waals surface area contributed by atoms with E-state index in [9.17, 15) is 13.6 Å². The molecule has 160 valence electrons. The molecule has 2 aromatic carbocycles. The average Bonchev–Trinajstić information content (AvgIpc) is 3.16. The van der Waals surface area contributed by atoms with Crippen molar-refractivity contribution < 1.29 is 23.0 Å². The van der Waals surface area contributed by atoms with Crippen molar-refractivity contribution in [2.45, 2.75) is 13.5 Å². The molecule has 0 atom stereocenters. The molecular weight excluding hydrogens is 426 g/mol. The minimum absolute atomic E-state index is 0.00244. The van der Waals surface area contributed by atoms with Crippen molar-refractivity contribution in [1.29, 1.82) is 0 Å². The van der Waals surface area contributed by atoms with E-state index in [0.717, 1.165) is 4.70 Å². The van der Waals surface area contributed by atoms with Crippen LogP contribution in [-0.4, -0.2) is 29.9 Å². The highest BCUT2D eigenvalue weighted by atomic mass is 32.1. The average molecular weight is 444 g/mol. The third kappa shape index (κ3) is 4.22. The normalized spacial score (nSPS) is 11.1. The van der Waals surface area contributed by atoms with Gasteiger partial charge in [-0.25, -0.2) is 0 Å². The van der Waals surface area contributed by atoms with Crippen molar-refractivity contribution in [3.8, 4) is 33.5 Å². The fourth-order valence-corrected chi connectivity index (χ4v) is 4.05. The molecule has 0 N–H and O–H groups in total. The van der Waals surface area contributed by atoms with Crippen LogP contribution in [0, 0.1) is 0 Å². The Labute approximate surface area is 180 Å². The fourth-order valence-electron chi connectivity index (χ4n) is 3.15. The summed E-state index contributed by atoms with van der Waals surface area (Å²) in [5.74, 6) is 0.679. The number of ether oxygens (including phenoxy) is 3. The molecule has 9 heteroatoms. The van der Waals surface area contributed by atoms with E-state index >= 15 is 0 Å². The standard InChI is InChI=1S/C22H18F2N2O4S/c1-3-29-22-25-19-18(31-22)12-17(13-4-8-15(28-2)9-5-13)20(27)26(19)14-6-10-16(11-7-14)30-21(23)24/h4-12,21H,3H2,1-2H3. The van der Waals surface area contributed by atoms with Crippen LogP contribution in [0.15, 0.2) is 59.4 Å². The van der Waals surface area contributed by atoms with Crippen LogP contribution in [-0.2, 0) is 0 Å². The van der Waals surface area contributed by atoms with E-state index in [2.05, 4.69) is 9.72 Å². The third-order valence-corrected chi connectivity index (χ3v) is 5.43. The number of benzene rings is 2. The van der Waals surface area contributed by atoms with Crippen LogP contribution >= 0.6 is 11.3 Å². The molecule has 4 rings (SSSR count). The summed E-state index contributed by atoms with van der Waals surface area (Å²) in [5.41, 5.74) is 1.78. The number of alkyl halides is 2. The van der Waals surface area contributed by atoms with Crippen LogP contribution < -0.4 is 19.8 Å². The monoisotopic (exact) mass is 444 g/mol. The first-order valence-corrected chi connectivity index (χ1v) is 10.2. The molecule has 0 amide bonds. The molecule has 0 saturated carbocycles. The Morgan fingerprint density at radius 3 is 2.35 bits per heavy atom. The second-order valence-electron chi connectivity index (χ2n) is 6.40. The maximum absolute atomic E-state index is 13.5. The number of hydrogen-bond acceptors (Lipinski definition) is 6. The first-order chi connectivity index (χ1) is 15.0. The Morgan fingerprint density at radius 2 is 1.74 bits per heavy atom.